The fourth-order valence-electron chi connectivity index (χ4n) is 1.57. The molecule has 0 saturated carbocycles. The Hall–Kier alpha value is -0.220. The van der Waals surface area contributed by atoms with E-state index in [1.165, 1.54) is 0 Å². The van der Waals surface area contributed by atoms with Gasteiger partial charge in [-0.05, 0) is 20.8 Å². The first-order valence-corrected chi connectivity index (χ1v) is 5.25. The Morgan fingerprint density at radius 3 is 2.31 bits per heavy atom. The highest BCUT2D eigenvalue weighted by molar-refractivity contribution is 7.80. The van der Waals surface area contributed by atoms with Gasteiger partial charge in [0.1, 0.15) is 0 Å². The highest BCUT2D eigenvalue weighted by Gasteiger charge is 2.26. The predicted molar refractivity (Wildman–Crippen MR) is 56.9 cm³/mol. The third-order valence-electron chi connectivity index (χ3n) is 2.44. The first-order valence-electron chi connectivity index (χ1n) is 4.74. The molecule has 4 heteroatoms. The van der Waals surface area contributed by atoms with Crippen LogP contribution < -0.4 is 0 Å². The summed E-state index contributed by atoms with van der Waals surface area (Å²) < 4.78 is 0. The van der Waals surface area contributed by atoms with Crippen molar-refractivity contribution in [3.8, 4) is 0 Å². The van der Waals surface area contributed by atoms with Gasteiger partial charge in [0.15, 0.2) is 0 Å². The van der Waals surface area contributed by atoms with Crippen LogP contribution in [0.4, 0.5) is 0 Å². The highest BCUT2D eigenvalue weighted by atomic mass is 32.1. The molecule has 0 aromatic carbocycles. The van der Waals surface area contributed by atoms with Gasteiger partial charge in [-0.2, -0.15) is 12.6 Å². The quantitative estimate of drug-likeness (QED) is 0.670. The van der Waals surface area contributed by atoms with E-state index in [9.17, 15) is 4.79 Å². The van der Waals surface area contributed by atoms with Crippen molar-refractivity contribution in [2.45, 2.75) is 32.2 Å². The second-order valence-electron chi connectivity index (χ2n) is 3.78. The molecular formula is C9H18N2OS. The molecule has 76 valence electrons. The summed E-state index contributed by atoms with van der Waals surface area (Å²) >= 11 is 4.32. The van der Waals surface area contributed by atoms with E-state index in [0.717, 1.165) is 13.1 Å². The van der Waals surface area contributed by atoms with Crippen LogP contribution >= 0.6 is 12.6 Å². The number of hydrogen-bond acceptors (Lipinski definition) is 3. The third kappa shape index (κ3) is 2.61. The summed E-state index contributed by atoms with van der Waals surface area (Å²) in [5.41, 5.74) is 0. The molecule has 1 rings (SSSR count). The van der Waals surface area contributed by atoms with Gasteiger partial charge in [0.25, 0.3) is 0 Å². The van der Waals surface area contributed by atoms with Gasteiger partial charge in [0.05, 0.1) is 11.9 Å². The Bertz CT molecular complexity index is 194. The minimum atomic E-state index is 0.179. The average molecular weight is 202 g/mol. The molecule has 1 aliphatic heterocycles. The Balaban J connectivity index is 2.52. The molecule has 0 radical (unpaired) electrons. The van der Waals surface area contributed by atoms with Crippen molar-refractivity contribution in [2.75, 3.05) is 19.6 Å². The molecule has 1 unspecified atom stereocenters. The summed E-state index contributed by atoms with van der Waals surface area (Å²) in [4.78, 5) is 15.6. The smallest absolute Gasteiger partial charge is 0.237 e. The molecule has 0 aromatic rings. The molecule has 1 atom stereocenters. The number of rotatable bonds is 2. The van der Waals surface area contributed by atoms with Crippen molar-refractivity contribution in [2.24, 2.45) is 0 Å². The van der Waals surface area contributed by atoms with Gasteiger partial charge in [-0.3, -0.25) is 9.69 Å². The van der Waals surface area contributed by atoms with Gasteiger partial charge < -0.3 is 4.90 Å². The zero-order chi connectivity index (χ0) is 10.0. The van der Waals surface area contributed by atoms with Crippen molar-refractivity contribution < 1.29 is 4.79 Å². The van der Waals surface area contributed by atoms with Gasteiger partial charge in [-0.15, -0.1) is 0 Å². The lowest BCUT2D eigenvalue weighted by Crippen LogP contribution is -2.53. The fourth-order valence-corrected chi connectivity index (χ4v) is 1.77. The van der Waals surface area contributed by atoms with E-state index in [-0.39, 0.29) is 11.3 Å². The van der Waals surface area contributed by atoms with E-state index in [0.29, 0.717) is 12.6 Å². The highest BCUT2D eigenvalue weighted by Crippen LogP contribution is 2.11. The lowest BCUT2D eigenvalue weighted by Gasteiger charge is -2.38. The molecule has 1 amide bonds. The van der Waals surface area contributed by atoms with Crippen LogP contribution in [0.5, 0.6) is 0 Å². The number of thiol groups is 1. The minimum absolute atomic E-state index is 0.179. The van der Waals surface area contributed by atoms with Crippen molar-refractivity contribution >= 4 is 18.5 Å². The van der Waals surface area contributed by atoms with Crippen LogP contribution in [-0.2, 0) is 4.79 Å². The molecule has 0 aliphatic carbocycles. The molecule has 13 heavy (non-hydrogen) atoms. The van der Waals surface area contributed by atoms with Crippen molar-refractivity contribution in [1.29, 1.82) is 0 Å². The summed E-state index contributed by atoms with van der Waals surface area (Å²) in [7, 11) is 0. The average Bonchev–Trinajstić information content (AvgIpc) is 2.03. The number of carbonyl (C=O) groups excluding carboxylic acids is 1. The van der Waals surface area contributed by atoms with E-state index < -0.39 is 0 Å². The largest absolute Gasteiger partial charge is 0.338 e. The van der Waals surface area contributed by atoms with Gasteiger partial charge in [0.2, 0.25) is 5.91 Å². The van der Waals surface area contributed by atoms with Crippen molar-refractivity contribution in [3.63, 3.8) is 0 Å². The molecular weight excluding hydrogens is 184 g/mol. The standard InChI is InChI=1S/C9H18N2OS/c1-7(2)11-5-4-10(8(3)13)6-9(11)12/h7-8,13H,4-6H2,1-3H3. The molecule has 0 spiro atoms. The molecule has 0 N–H and O–H groups in total. The van der Waals surface area contributed by atoms with Crippen LogP contribution in [0, 0.1) is 0 Å². The van der Waals surface area contributed by atoms with Crippen LogP contribution in [-0.4, -0.2) is 46.8 Å². The second-order valence-corrected chi connectivity index (χ2v) is 4.53. The summed E-state index contributed by atoms with van der Waals surface area (Å²) in [6, 6.07) is 0.324. The maximum Gasteiger partial charge on any atom is 0.237 e. The Morgan fingerprint density at radius 2 is 1.92 bits per heavy atom. The third-order valence-corrected chi connectivity index (χ3v) is 2.77. The molecule has 0 bridgehead atoms. The van der Waals surface area contributed by atoms with Crippen LogP contribution in [0.25, 0.3) is 0 Å². The monoisotopic (exact) mass is 202 g/mol. The van der Waals surface area contributed by atoms with Gasteiger partial charge in [-0.1, -0.05) is 0 Å². The summed E-state index contributed by atoms with van der Waals surface area (Å²) in [6.07, 6.45) is 0. The zero-order valence-corrected chi connectivity index (χ0v) is 9.42. The Kier molecular flexibility index (Phi) is 3.62. The van der Waals surface area contributed by atoms with E-state index in [2.05, 4.69) is 31.4 Å². The van der Waals surface area contributed by atoms with E-state index in [1.807, 2.05) is 11.8 Å². The number of hydrogen-bond donors (Lipinski definition) is 1. The van der Waals surface area contributed by atoms with Gasteiger partial charge in [0, 0.05) is 19.1 Å². The molecule has 1 aliphatic rings. The SMILES string of the molecule is CC(S)N1CCN(C(C)C)C(=O)C1. The summed E-state index contributed by atoms with van der Waals surface area (Å²) in [5.74, 6) is 0.224. The Labute approximate surface area is 85.5 Å². The minimum Gasteiger partial charge on any atom is -0.338 e. The van der Waals surface area contributed by atoms with E-state index in [1.54, 1.807) is 0 Å². The fraction of sp³-hybridized carbons (Fsp3) is 0.889. The first kappa shape index (κ1) is 10.9. The normalized spacial score (nSPS) is 22.5. The molecule has 0 aromatic heterocycles. The van der Waals surface area contributed by atoms with Gasteiger partial charge in [-0.25, -0.2) is 0 Å². The van der Waals surface area contributed by atoms with E-state index in [4.69, 9.17) is 0 Å². The van der Waals surface area contributed by atoms with Crippen molar-refractivity contribution in [3.05, 3.63) is 0 Å². The maximum atomic E-state index is 11.6. The molecule has 1 fully saturated rings. The zero-order valence-electron chi connectivity index (χ0n) is 8.53. The second kappa shape index (κ2) is 4.33. The van der Waals surface area contributed by atoms with Crippen molar-refractivity contribution in [1.82, 2.24) is 9.80 Å². The topological polar surface area (TPSA) is 23.6 Å². The molecule has 1 saturated heterocycles. The molecule has 3 nitrogen and oxygen atoms in total. The maximum absolute atomic E-state index is 11.6. The number of amides is 1. The van der Waals surface area contributed by atoms with Crippen LogP contribution in [0.1, 0.15) is 20.8 Å². The predicted octanol–water partition coefficient (Wildman–Crippen LogP) is 0.815. The lowest BCUT2D eigenvalue weighted by molar-refractivity contribution is -0.138. The van der Waals surface area contributed by atoms with Crippen LogP contribution in [0.3, 0.4) is 0 Å². The summed E-state index contributed by atoms with van der Waals surface area (Å²) in [6.45, 7) is 8.40. The first-order chi connectivity index (χ1) is 6.02. The number of carbonyl (C=O) groups is 1. The van der Waals surface area contributed by atoms with Crippen LogP contribution in [0.15, 0.2) is 0 Å². The Morgan fingerprint density at radius 1 is 1.31 bits per heavy atom. The number of nitrogens with zero attached hydrogens (tertiary/aromatic N) is 2. The summed E-state index contributed by atoms with van der Waals surface area (Å²) in [5, 5.41) is 0.179. The molecule has 1 heterocycles. The number of piperazine rings is 1. The van der Waals surface area contributed by atoms with E-state index >= 15 is 0 Å². The van der Waals surface area contributed by atoms with Crippen LogP contribution in [0.2, 0.25) is 0 Å². The lowest BCUT2D eigenvalue weighted by atomic mass is 10.2. The van der Waals surface area contributed by atoms with Gasteiger partial charge >= 0.3 is 0 Å².